The van der Waals surface area contributed by atoms with Crippen LogP contribution in [0.5, 0.6) is 5.75 Å². The molecule has 2 aromatic carbocycles. The van der Waals surface area contributed by atoms with E-state index in [2.05, 4.69) is 11.0 Å². The zero-order valence-corrected chi connectivity index (χ0v) is 12.5. The fourth-order valence-corrected chi connectivity index (χ4v) is 2.37. The third-order valence-electron chi connectivity index (χ3n) is 3.42. The van der Waals surface area contributed by atoms with Gasteiger partial charge in [0.25, 0.3) is 0 Å². The van der Waals surface area contributed by atoms with Crippen molar-refractivity contribution in [3.05, 3.63) is 65.0 Å². The van der Waals surface area contributed by atoms with Crippen molar-refractivity contribution in [3.8, 4) is 5.75 Å². The molecule has 2 aromatic rings. The second-order valence-corrected chi connectivity index (χ2v) is 5.14. The van der Waals surface area contributed by atoms with Crippen LogP contribution in [0.4, 0.5) is 4.39 Å². The Morgan fingerprint density at radius 1 is 1.10 bits per heavy atom. The molecule has 21 heavy (non-hydrogen) atoms. The first-order chi connectivity index (χ1) is 10.1. The van der Waals surface area contributed by atoms with Gasteiger partial charge in [0.15, 0.2) is 0 Å². The van der Waals surface area contributed by atoms with Gasteiger partial charge in [0.2, 0.25) is 0 Å². The van der Waals surface area contributed by atoms with Crippen LogP contribution in [0.3, 0.4) is 0 Å². The molecule has 3 nitrogen and oxygen atoms in total. The van der Waals surface area contributed by atoms with E-state index in [0.29, 0.717) is 6.54 Å². The summed E-state index contributed by atoms with van der Waals surface area (Å²) in [5.41, 5.74) is 8.77. The van der Waals surface area contributed by atoms with E-state index in [0.717, 1.165) is 30.0 Å². The Hall–Kier alpha value is -1.91. The van der Waals surface area contributed by atoms with Crippen LogP contribution in [0.15, 0.2) is 42.5 Å². The minimum absolute atomic E-state index is 0.241. The molecule has 0 amide bonds. The van der Waals surface area contributed by atoms with Crippen molar-refractivity contribution in [1.82, 2.24) is 4.90 Å². The van der Waals surface area contributed by atoms with Crippen LogP contribution < -0.4 is 10.5 Å². The molecule has 0 saturated carbocycles. The molecule has 0 aliphatic heterocycles. The van der Waals surface area contributed by atoms with Gasteiger partial charge in [-0.3, -0.25) is 4.90 Å². The van der Waals surface area contributed by atoms with Crippen LogP contribution in [-0.2, 0) is 19.6 Å². The lowest BCUT2D eigenvalue weighted by Crippen LogP contribution is -2.19. The van der Waals surface area contributed by atoms with Gasteiger partial charge in [-0.25, -0.2) is 4.39 Å². The first kappa shape index (κ1) is 15.5. The van der Waals surface area contributed by atoms with Gasteiger partial charge in [0.05, 0.1) is 7.11 Å². The van der Waals surface area contributed by atoms with Crippen molar-refractivity contribution in [2.24, 2.45) is 5.73 Å². The summed E-state index contributed by atoms with van der Waals surface area (Å²) in [7, 11) is 3.69. The van der Waals surface area contributed by atoms with Crippen molar-refractivity contribution in [3.63, 3.8) is 0 Å². The maximum Gasteiger partial charge on any atom is 0.123 e. The highest BCUT2D eigenvalue weighted by Crippen LogP contribution is 2.17. The summed E-state index contributed by atoms with van der Waals surface area (Å²) in [6.45, 7) is 1.86. The Bertz CT molecular complexity index is 601. The number of hydrogen-bond donors (Lipinski definition) is 1. The van der Waals surface area contributed by atoms with E-state index in [1.807, 2.05) is 25.2 Å². The second kappa shape index (κ2) is 7.20. The van der Waals surface area contributed by atoms with Gasteiger partial charge in [0.1, 0.15) is 11.6 Å². The minimum Gasteiger partial charge on any atom is -0.497 e. The number of nitrogens with two attached hydrogens (primary N) is 1. The van der Waals surface area contributed by atoms with E-state index >= 15 is 0 Å². The SMILES string of the molecule is COc1cccc(CN(C)Cc2ccc(F)cc2CN)c1. The summed E-state index contributed by atoms with van der Waals surface area (Å²) in [6, 6.07) is 12.8. The Morgan fingerprint density at radius 2 is 1.90 bits per heavy atom. The van der Waals surface area contributed by atoms with E-state index in [4.69, 9.17) is 10.5 Å². The third kappa shape index (κ3) is 4.28. The molecule has 0 bridgehead atoms. The number of halogens is 1. The zero-order valence-electron chi connectivity index (χ0n) is 12.5. The largest absolute Gasteiger partial charge is 0.497 e. The molecule has 0 heterocycles. The first-order valence-corrected chi connectivity index (χ1v) is 6.91. The highest BCUT2D eigenvalue weighted by molar-refractivity contribution is 5.29. The summed E-state index contributed by atoms with van der Waals surface area (Å²) in [5, 5.41) is 0. The molecule has 0 radical (unpaired) electrons. The fraction of sp³-hybridized carbons (Fsp3) is 0.294. The van der Waals surface area contributed by atoms with Crippen molar-refractivity contribution in [2.75, 3.05) is 14.2 Å². The van der Waals surface area contributed by atoms with Crippen LogP contribution in [0.2, 0.25) is 0 Å². The average Bonchev–Trinajstić information content (AvgIpc) is 2.49. The summed E-state index contributed by atoms with van der Waals surface area (Å²) >= 11 is 0. The average molecular weight is 288 g/mol. The summed E-state index contributed by atoms with van der Waals surface area (Å²) < 4.78 is 18.4. The highest BCUT2D eigenvalue weighted by atomic mass is 19.1. The normalized spacial score (nSPS) is 10.9. The van der Waals surface area contributed by atoms with Crippen LogP contribution in [0.25, 0.3) is 0 Å². The zero-order chi connectivity index (χ0) is 15.2. The molecule has 0 saturated heterocycles. The molecule has 112 valence electrons. The van der Waals surface area contributed by atoms with Crippen molar-refractivity contribution in [2.45, 2.75) is 19.6 Å². The minimum atomic E-state index is -0.241. The quantitative estimate of drug-likeness (QED) is 0.888. The lowest BCUT2D eigenvalue weighted by Gasteiger charge is -2.19. The topological polar surface area (TPSA) is 38.5 Å². The maximum absolute atomic E-state index is 13.2. The molecule has 0 aliphatic rings. The molecular weight excluding hydrogens is 267 g/mol. The van der Waals surface area contributed by atoms with Gasteiger partial charge >= 0.3 is 0 Å². The number of benzene rings is 2. The van der Waals surface area contributed by atoms with Crippen LogP contribution >= 0.6 is 0 Å². The smallest absolute Gasteiger partial charge is 0.123 e. The van der Waals surface area contributed by atoms with Gasteiger partial charge in [0, 0.05) is 19.6 Å². The van der Waals surface area contributed by atoms with Crippen LogP contribution in [0.1, 0.15) is 16.7 Å². The maximum atomic E-state index is 13.2. The van der Waals surface area contributed by atoms with Crippen molar-refractivity contribution in [1.29, 1.82) is 0 Å². The van der Waals surface area contributed by atoms with Gasteiger partial charge in [-0.05, 0) is 48.0 Å². The molecule has 0 fully saturated rings. The van der Waals surface area contributed by atoms with E-state index in [-0.39, 0.29) is 5.82 Å². The van der Waals surface area contributed by atoms with Crippen LogP contribution in [0, 0.1) is 5.82 Å². The van der Waals surface area contributed by atoms with Gasteiger partial charge in [-0.1, -0.05) is 18.2 Å². The number of ether oxygens (including phenoxy) is 1. The Labute approximate surface area is 125 Å². The molecule has 0 aromatic heterocycles. The van der Waals surface area contributed by atoms with E-state index < -0.39 is 0 Å². The van der Waals surface area contributed by atoms with Crippen LogP contribution in [-0.4, -0.2) is 19.1 Å². The predicted octanol–water partition coefficient (Wildman–Crippen LogP) is 2.93. The number of methoxy groups -OCH3 is 1. The van der Waals surface area contributed by atoms with Gasteiger partial charge < -0.3 is 10.5 Å². The second-order valence-electron chi connectivity index (χ2n) is 5.14. The molecule has 0 aliphatic carbocycles. The Morgan fingerprint density at radius 3 is 2.62 bits per heavy atom. The van der Waals surface area contributed by atoms with Crippen molar-refractivity contribution >= 4 is 0 Å². The number of nitrogens with zero attached hydrogens (tertiary/aromatic N) is 1. The number of hydrogen-bond acceptors (Lipinski definition) is 3. The molecule has 0 unspecified atom stereocenters. The lowest BCUT2D eigenvalue weighted by atomic mass is 10.1. The fourth-order valence-electron chi connectivity index (χ4n) is 2.37. The molecule has 4 heteroatoms. The first-order valence-electron chi connectivity index (χ1n) is 6.91. The van der Waals surface area contributed by atoms with E-state index in [1.165, 1.54) is 17.7 Å². The molecular formula is C17H21FN2O. The standard InChI is InChI=1S/C17H21FN2O/c1-20(11-13-4-3-5-17(8-13)21-2)12-14-6-7-16(18)9-15(14)10-19/h3-9H,10-12,19H2,1-2H3. The molecule has 0 spiro atoms. The molecule has 2 N–H and O–H groups in total. The van der Waals surface area contributed by atoms with E-state index in [9.17, 15) is 4.39 Å². The number of rotatable bonds is 6. The summed E-state index contributed by atoms with van der Waals surface area (Å²) in [6.07, 6.45) is 0. The Kier molecular flexibility index (Phi) is 5.31. The predicted molar refractivity (Wildman–Crippen MR) is 82.5 cm³/mol. The van der Waals surface area contributed by atoms with E-state index in [1.54, 1.807) is 13.2 Å². The third-order valence-corrected chi connectivity index (χ3v) is 3.42. The summed E-state index contributed by atoms with van der Waals surface area (Å²) in [5.74, 6) is 0.611. The Balaban J connectivity index is 2.05. The van der Waals surface area contributed by atoms with Gasteiger partial charge in [-0.2, -0.15) is 0 Å². The van der Waals surface area contributed by atoms with Gasteiger partial charge in [-0.15, -0.1) is 0 Å². The summed E-state index contributed by atoms with van der Waals surface area (Å²) in [4.78, 5) is 2.17. The monoisotopic (exact) mass is 288 g/mol. The van der Waals surface area contributed by atoms with Crippen molar-refractivity contribution < 1.29 is 9.13 Å². The molecule has 0 atom stereocenters. The molecule has 2 rings (SSSR count). The lowest BCUT2D eigenvalue weighted by molar-refractivity contribution is 0.317. The highest BCUT2D eigenvalue weighted by Gasteiger charge is 2.07.